The molecule has 0 unspecified atom stereocenters. The smallest absolute Gasteiger partial charge is 0.203 e. The van der Waals surface area contributed by atoms with Crippen molar-refractivity contribution in [3.05, 3.63) is 58.2 Å². The number of allylic oxidation sites excluding steroid dienone is 5. The van der Waals surface area contributed by atoms with Crippen LogP contribution in [-0.4, -0.2) is 17.4 Å². The second kappa shape index (κ2) is 7.32. The first-order valence-electron chi connectivity index (χ1n) is 8.89. The van der Waals surface area contributed by atoms with Gasteiger partial charge >= 0.3 is 0 Å². The van der Waals surface area contributed by atoms with E-state index in [1.165, 1.54) is 5.56 Å². The Kier molecular flexibility index (Phi) is 5.72. The van der Waals surface area contributed by atoms with E-state index < -0.39 is 0 Å². The Hall–Kier alpha value is -2.00. The number of nitrogens with one attached hydrogen (secondary N) is 1. The lowest BCUT2D eigenvalue weighted by molar-refractivity contribution is -0.111. The quantitative estimate of drug-likeness (QED) is 0.695. The second-order valence-corrected chi connectivity index (χ2v) is 9.21. The van der Waals surface area contributed by atoms with Gasteiger partial charge in [-0.3, -0.25) is 5.41 Å². The van der Waals surface area contributed by atoms with Crippen LogP contribution in [0.15, 0.2) is 47.0 Å². The van der Waals surface area contributed by atoms with Gasteiger partial charge in [0.05, 0.1) is 5.69 Å². The number of halogens is 1. The maximum atomic E-state index is 10.8. The van der Waals surface area contributed by atoms with Gasteiger partial charge in [-0.2, -0.15) is 0 Å². The summed E-state index contributed by atoms with van der Waals surface area (Å²) in [5.74, 6) is 0.304. The monoisotopic (exact) mass is 373 g/mol. The van der Waals surface area contributed by atoms with Gasteiger partial charge in [0.15, 0.2) is 0 Å². The first-order valence-corrected chi connectivity index (χ1v) is 9.27. The number of hydrogen-bond acceptors (Lipinski definition) is 2. The van der Waals surface area contributed by atoms with Crippen LogP contribution in [0.25, 0.3) is 0 Å². The van der Waals surface area contributed by atoms with Gasteiger partial charge in [0.2, 0.25) is 5.71 Å². The fourth-order valence-corrected chi connectivity index (χ4v) is 2.95. The third-order valence-electron chi connectivity index (χ3n) is 4.45. The van der Waals surface area contributed by atoms with Crippen molar-refractivity contribution < 1.29 is 10.5 Å². The first kappa shape index (κ1) is 20.3. The summed E-state index contributed by atoms with van der Waals surface area (Å²) in [5, 5.41) is 20.8. The van der Waals surface area contributed by atoms with Gasteiger partial charge in [0, 0.05) is 28.8 Å². The minimum absolute atomic E-state index is 0.00870. The van der Waals surface area contributed by atoms with Crippen molar-refractivity contribution in [2.75, 3.05) is 11.9 Å². The van der Waals surface area contributed by atoms with E-state index in [2.05, 4.69) is 52.9 Å². The van der Waals surface area contributed by atoms with E-state index >= 15 is 0 Å². The summed E-state index contributed by atoms with van der Waals surface area (Å²) in [6.07, 6.45) is 7.38. The zero-order chi connectivity index (χ0) is 19.7. The molecule has 0 bridgehead atoms. The average molecular weight is 374 g/mol. The van der Waals surface area contributed by atoms with Crippen LogP contribution in [0, 0.1) is 0 Å². The largest absolute Gasteiger partial charge is 0.505 e. The maximum Gasteiger partial charge on any atom is 0.203 e. The zero-order valence-electron chi connectivity index (χ0n) is 16.6. The van der Waals surface area contributed by atoms with Crippen LogP contribution in [0.4, 0.5) is 5.69 Å². The SMILES string of the molecule is CC(C)(C)c1cc(NC/C=C2/C=C(Cl)C=CC2=[NH2+])c(O)c(C(C)(C)C)c1. The van der Waals surface area contributed by atoms with E-state index in [0.717, 1.165) is 16.8 Å². The number of rotatable bonds is 3. The molecule has 1 aromatic carbocycles. The van der Waals surface area contributed by atoms with E-state index in [0.29, 0.717) is 23.0 Å². The van der Waals surface area contributed by atoms with Gasteiger partial charge < -0.3 is 10.4 Å². The van der Waals surface area contributed by atoms with Crippen molar-refractivity contribution in [1.29, 1.82) is 0 Å². The normalized spacial score (nSPS) is 16.8. The molecule has 0 atom stereocenters. The van der Waals surface area contributed by atoms with Crippen molar-refractivity contribution in [1.82, 2.24) is 0 Å². The molecule has 3 nitrogen and oxygen atoms in total. The molecule has 0 amide bonds. The van der Waals surface area contributed by atoms with Gasteiger partial charge in [-0.15, -0.1) is 0 Å². The Bertz CT molecular complexity index is 803. The molecule has 26 heavy (non-hydrogen) atoms. The molecule has 1 aromatic rings. The van der Waals surface area contributed by atoms with E-state index in [9.17, 15) is 5.11 Å². The Morgan fingerprint density at radius 3 is 2.31 bits per heavy atom. The molecule has 4 heteroatoms. The molecule has 1 aliphatic rings. The summed E-state index contributed by atoms with van der Waals surface area (Å²) in [6.45, 7) is 13.4. The number of aromatic hydroxyl groups is 1. The second-order valence-electron chi connectivity index (χ2n) is 8.78. The third kappa shape index (κ3) is 4.79. The lowest BCUT2D eigenvalue weighted by atomic mass is 9.79. The molecule has 1 aliphatic carbocycles. The van der Waals surface area contributed by atoms with E-state index in [4.69, 9.17) is 17.0 Å². The summed E-state index contributed by atoms with van der Waals surface area (Å²) in [6, 6.07) is 4.14. The Balaban J connectivity index is 2.34. The Morgan fingerprint density at radius 2 is 1.73 bits per heavy atom. The van der Waals surface area contributed by atoms with Gasteiger partial charge in [-0.1, -0.05) is 65.3 Å². The molecular formula is C22H30ClN2O+. The van der Waals surface area contributed by atoms with Crippen molar-refractivity contribution >= 4 is 23.0 Å². The molecule has 0 fully saturated rings. The minimum Gasteiger partial charge on any atom is -0.505 e. The van der Waals surface area contributed by atoms with E-state index in [1.54, 1.807) is 12.2 Å². The Morgan fingerprint density at radius 1 is 1.08 bits per heavy atom. The van der Waals surface area contributed by atoms with E-state index in [-0.39, 0.29) is 10.8 Å². The van der Waals surface area contributed by atoms with Crippen LogP contribution >= 0.6 is 11.6 Å². The maximum absolute atomic E-state index is 10.8. The summed E-state index contributed by atoms with van der Waals surface area (Å²) < 4.78 is 0. The van der Waals surface area contributed by atoms with Gasteiger partial charge in [0.25, 0.3) is 0 Å². The molecular weight excluding hydrogens is 344 g/mol. The molecule has 0 aliphatic heterocycles. The standard InChI is InChI=1S/C22H29ClN2O/c1-21(2,3)15-12-17(22(4,5)6)20(26)19(13-15)25-10-9-14-11-16(23)7-8-18(14)24/h7-9,11-13,24-26H,10H2,1-6H3/p+1/b14-9-,24-18?. The Labute approximate surface area is 162 Å². The number of hydrogen-bond donors (Lipinski definition) is 3. The molecule has 0 spiro atoms. The topological polar surface area (TPSA) is 57.8 Å². The summed E-state index contributed by atoms with van der Waals surface area (Å²) in [5.41, 5.74) is 4.26. The van der Waals surface area contributed by atoms with E-state index in [1.807, 2.05) is 18.2 Å². The fourth-order valence-electron chi connectivity index (χ4n) is 2.77. The number of nitrogens with two attached hydrogens (primary N) is 1. The van der Waals surface area contributed by atoms with Gasteiger partial charge in [-0.05, 0) is 34.6 Å². The highest BCUT2D eigenvalue weighted by Gasteiger charge is 2.24. The fraction of sp³-hybridized carbons (Fsp3) is 0.409. The molecule has 0 saturated heterocycles. The summed E-state index contributed by atoms with van der Waals surface area (Å²) in [7, 11) is 0. The lowest BCUT2D eigenvalue weighted by Gasteiger charge is -2.27. The van der Waals surface area contributed by atoms with Crippen LogP contribution in [0.5, 0.6) is 5.75 Å². The average Bonchev–Trinajstić information content (AvgIpc) is 2.50. The molecule has 0 radical (unpaired) electrons. The number of phenols is 1. The predicted molar refractivity (Wildman–Crippen MR) is 112 cm³/mol. The predicted octanol–water partition coefficient (Wildman–Crippen LogP) is 4.22. The number of phenolic OH excluding ortho intramolecular Hbond substituents is 1. The molecule has 0 saturated carbocycles. The number of benzene rings is 1. The van der Waals surface area contributed by atoms with Crippen LogP contribution in [0.1, 0.15) is 52.7 Å². The lowest BCUT2D eigenvalue weighted by Crippen LogP contribution is -2.40. The van der Waals surface area contributed by atoms with Gasteiger partial charge in [-0.25, -0.2) is 0 Å². The molecule has 4 N–H and O–H groups in total. The highest BCUT2D eigenvalue weighted by atomic mass is 35.5. The van der Waals surface area contributed by atoms with Crippen LogP contribution < -0.4 is 10.7 Å². The van der Waals surface area contributed by atoms with Crippen LogP contribution in [-0.2, 0) is 10.8 Å². The van der Waals surface area contributed by atoms with Crippen molar-refractivity contribution in [3.63, 3.8) is 0 Å². The molecule has 140 valence electrons. The zero-order valence-corrected chi connectivity index (χ0v) is 17.3. The summed E-state index contributed by atoms with van der Waals surface area (Å²) >= 11 is 6.04. The molecule has 2 rings (SSSR count). The minimum atomic E-state index is -0.150. The van der Waals surface area contributed by atoms with Crippen molar-refractivity contribution in [2.45, 2.75) is 52.4 Å². The van der Waals surface area contributed by atoms with Crippen LogP contribution in [0.3, 0.4) is 0 Å². The molecule has 0 aromatic heterocycles. The first-order chi connectivity index (χ1) is 11.9. The highest BCUT2D eigenvalue weighted by molar-refractivity contribution is 6.33. The number of anilines is 1. The van der Waals surface area contributed by atoms with Gasteiger partial charge in [0.1, 0.15) is 5.75 Å². The third-order valence-corrected chi connectivity index (χ3v) is 4.68. The van der Waals surface area contributed by atoms with Crippen molar-refractivity contribution in [3.8, 4) is 5.75 Å². The van der Waals surface area contributed by atoms with Crippen molar-refractivity contribution in [2.24, 2.45) is 0 Å². The summed E-state index contributed by atoms with van der Waals surface area (Å²) in [4.78, 5) is 0. The highest BCUT2D eigenvalue weighted by Crippen LogP contribution is 2.40. The van der Waals surface area contributed by atoms with Crippen LogP contribution in [0.2, 0.25) is 0 Å². The molecule has 0 heterocycles.